The number of benzene rings is 2. The number of hydrogen-bond acceptors (Lipinski definition) is 2. The average molecular weight is 405 g/mol. The van der Waals surface area contributed by atoms with Gasteiger partial charge in [-0.15, -0.1) is 0 Å². The number of rotatable bonds is 6. The smallest absolute Gasteiger partial charge is 0.357 e. The molecular formula is C23H26F3NO2. The average Bonchev–Trinajstić information content (AvgIpc) is 2.95. The molecule has 0 radical (unpaired) electrons. The van der Waals surface area contributed by atoms with Crippen molar-refractivity contribution in [3.63, 3.8) is 0 Å². The number of carbonyl (C=O) groups is 1. The van der Waals surface area contributed by atoms with Gasteiger partial charge in [-0.3, -0.25) is 4.79 Å². The van der Waals surface area contributed by atoms with E-state index >= 15 is 0 Å². The van der Waals surface area contributed by atoms with Crippen molar-refractivity contribution in [2.24, 2.45) is 5.92 Å². The first-order valence-electron chi connectivity index (χ1n) is 9.97. The molecule has 3 rings (SSSR count). The molecule has 0 aromatic heterocycles. The summed E-state index contributed by atoms with van der Waals surface area (Å²) in [7, 11) is 0. The first-order chi connectivity index (χ1) is 13.9. The molecule has 2 aromatic carbocycles. The highest BCUT2D eigenvalue weighted by molar-refractivity contribution is 5.86. The molecule has 1 aliphatic heterocycles. The van der Waals surface area contributed by atoms with Gasteiger partial charge >= 0.3 is 6.18 Å². The van der Waals surface area contributed by atoms with Crippen molar-refractivity contribution in [2.45, 2.75) is 50.4 Å². The Kier molecular flexibility index (Phi) is 6.96. The van der Waals surface area contributed by atoms with Crippen LogP contribution in [0.4, 0.5) is 13.2 Å². The van der Waals surface area contributed by atoms with E-state index in [9.17, 15) is 18.0 Å². The van der Waals surface area contributed by atoms with Crippen molar-refractivity contribution in [1.29, 1.82) is 0 Å². The number of nitrogens with one attached hydrogen (secondary N) is 1. The van der Waals surface area contributed by atoms with Crippen LogP contribution in [-0.4, -0.2) is 24.3 Å². The Labute approximate surface area is 169 Å². The molecule has 0 spiro atoms. The molecule has 0 aliphatic carbocycles. The maximum atomic E-state index is 14.1. The third kappa shape index (κ3) is 5.38. The second-order valence-corrected chi connectivity index (χ2v) is 7.58. The van der Waals surface area contributed by atoms with Gasteiger partial charge in [-0.1, -0.05) is 60.7 Å². The minimum Gasteiger partial charge on any atom is -0.357 e. The van der Waals surface area contributed by atoms with Gasteiger partial charge in [-0.2, -0.15) is 13.2 Å². The third-order valence-corrected chi connectivity index (χ3v) is 5.49. The lowest BCUT2D eigenvalue weighted by Crippen LogP contribution is -2.59. The van der Waals surface area contributed by atoms with E-state index in [0.717, 1.165) is 11.1 Å². The van der Waals surface area contributed by atoms with Gasteiger partial charge in [-0.25, -0.2) is 0 Å². The highest BCUT2D eigenvalue weighted by Crippen LogP contribution is 2.43. The molecule has 0 saturated carbocycles. The quantitative estimate of drug-likeness (QED) is 0.730. The molecule has 156 valence electrons. The van der Waals surface area contributed by atoms with Crippen molar-refractivity contribution in [1.82, 2.24) is 5.32 Å². The molecule has 3 nitrogen and oxygen atoms in total. The van der Waals surface area contributed by atoms with Crippen molar-refractivity contribution >= 4 is 5.91 Å². The van der Waals surface area contributed by atoms with Crippen LogP contribution in [0.2, 0.25) is 0 Å². The van der Waals surface area contributed by atoms with Gasteiger partial charge in [0.05, 0.1) is 0 Å². The molecule has 0 unspecified atom stereocenters. The number of hydrogen-bond donors (Lipinski definition) is 1. The first-order valence-corrected chi connectivity index (χ1v) is 9.97. The minimum absolute atomic E-state index is 0.0372. The lowest BCUT2D eigenvalue weighted by Gasteiger charge is -2.35. The molecule has 1 heterocycles. The molecule has 2 aromatic rings. The van der Waals surface area contributed by atoms with Gasteiger partial charge in [-0.05, 0) is 49.1 Å². The van der Waals surface area contributed by atoms with Crippen molar-refractivity contribution in [3.05, 3.63) is 71.8 Å². The number of halogens is 3. The molecule has 0 bridgehead atoms. The summed E-state index contributed by atoms with van der Waals surface area (Å²) < 4.78 is 47.6. The second kappa shape index (κ2) is 9.44. The van der Waals surface area contributed by atoms with Gasteiger partial charge in [0.15, 0.2) is 0 Å². The van der Waals surface area contributed by atoms with E-state index in [1.165, 1.54) is 0 Å². The molecule has 2 atom stereocenters. The van der Waals surface area contributed by atoms with Crippen molar-refractivity contribution in [3.8, 4) is 0 Å². The summed E-state index contributed by atoms with van der Waals surface area (Å²) >= 11 is 0. The fraction of sp³-hybridized carbons (Fsp3) is 0.435. The Balaban J connectivity index is 1.72. The normalized spacial score (nSPS) is 22.7. The Morgan fingerprint density at radius 2 is 1.66 bits per heavy atom. The van der Waals surface area contributed by atoms with E-state index in [4.69, 9.17) is 4.74 Å². The predicted molar refractivity (Wildman–Crippen MR) is 105 cm³/mol. The highest BCUT2D eigenvalue weighted by atomic mass is 19.4. The van der Waals surface area contributed by atoms with Crippen LogP contribution in [0.1, 0.15) is 36.8 Å². The third-order valence-electron chi connectivity index (χ3n) is 5.49. The van der Waals surface area contributed by atoms with E-state index in [1.807, 2.05) is 36.4 Å². The van der Waals surface area contributed by atoms with Gasteiger partial charge in [0, 0.05) is 13.2 Å². The molecular weight excluding hydrogens is 379 g/mol. The minimum atomic E-state index is -4.77. The number of ether oxygens (including phenoxy) is 1. The van der Waals surface area contributed by atoms with Crippen LogP contribution in [0.15, 0.2) is 60.7 Å². The topological polar surface area (TPSA) is 38.3 Å². The molecule has 1 saturated heterocycles. The van der Waals surface area contributed by atoms with E-state index in [1.54, 1.807) is 24.3 Å². The van der Waals surface area contributed by atoms with Gasteiger partial charge in [0.25, 0.3) is 5.91 Å². The Morgan fingerprint density at radius 3 is 2.28 bits per heavy atom. The van der Waals surface area contributed by atoms with Gasteiger partial charge < -0.3 is 10.1 Å². The van der Waals surface area contributed by atoms with Crippen LogP contribution in [0, 0.1) is 5.92 Å². The van der Waals surface area contributed by atoms with Crippen LogP contribution in [-0.2, 0) is 22.5 Å². The Morgan fingerprint density at radius 1 is 1.03 bits per heavy atom. The summed E-state index contributed by atoms with van der Waals surface area (Å²) in [5, 5.41) is 2.45. The van der Waals surface area contributed by atoms with Crippen LogP contribution in [0.25, 0.3) is 0 Å². The summed E-state index contributed by atoms with van der Waals surface area (Å²) in [4.78, 5) is 12.8. The maximum absolute atomic E-state index is 14.1. The second-order valence-electron chi connectivity index (χ2n) is 7.58. The zero-order valence-corrected chi connectivity index (χ0v) is 16.3. The van der Waals surface area contributed by atoms with E-state index in [-0.39, 0.29) is 25.5 Å². The molecule has 1 amide bonds. The Hall–Kier alpha value is -2.34. The molecule has 1 aliphatic rings. The molecule has 29 heavy (non-hydrogen) atoms. The Bertz CT molecular complexity index is 780. The summed E-state index contributed by atoms with van der Waals surface area (Å²) in [5.41, 5.74) is -0.962. The number of aryl methyl sites for hydroxylation is 1. The van der Waals surface area contributed by atoms with Crippen LogP contribution >= 0.6 is 0 Å². The number of amides is 1. The zero-order chi connectivity index (χ0) is 20.7. The van der Waals surface area contributed by atoms with Crippen molar-refractivity contribution < 1.29 is 22.7 Å². The monoisotopic (exact) mass is 405 g/mol. The fourth-order valence-corrected chi connectivity index (χ4v) is 3.85. The van der Waals surface area contributed by atoms with Gasteiger partial charge in [0.1, 0.15) is 0 Å². The van der Waals surface area contributed by atoms with E-state index in [2.05, 4.69) is 5.32 Å². The summed E-state index contributed by atoms with van der Waals surface area (Å²) in [6.07, 6.45) is -2.70. The summed E-state index contributed by atoms with van der Waals surface area (Å²) in [5.74, 6) is -1.33. The zero-order valence-electron chi connectivity index (χ0n) is 16.3. The predicted octanol–water partition coefficient (Wildman–Crippen LogP) is 5.05. The fourth-order valence-electron chi connectivity index (χ4n) is 3.85. The number of carbonyl (C=O) groups excluding carboxylic acids is 1. The van der Waals surface area contributed by atoms with E-state index < -0.39 is 17.7 Å². The standard InChI is InChI=1S/C23H26F3NO2/c24-23(25,26)22(21(28)27-17-20-10-5-2-6-11-20)16-19(12-7-15-29-22)14-13-18-8-3-1-4-9-18/h1-6,8-11,19H,7,12-17H2,(H,27,28)/t19-,22-/m0/s1. The number of alkyl halides is 3. The lowest BCUT2D eigenvalue weighted by molar-refractivity contribution is -0.269. The summed E-state index contributed by atoms with van der Waals surface area (Å²) in [6.45, 7) is -0.0321. The van der Waals surface area contributed by atoms with Crippen LogP contribution in [0.5, 0.6) is 0 Å². The largest absolute Gasteiger partial charge is 0.426 e. The maximum Gasteiger partial charge on any atom is 0.426 e. The molecule has 1 fully saturated rings. The lowest BCUT2D eigenvalue weighted by atomic mass is 9.84. The first kappa shape index (κ1) is 21.4. The molecule has 1 N–H and O–H groups in total. The van der Waals surface area contributed by atoms with Crippen LogP contribution in [0.3, 0.4) is 0 Å². The summed E-state index contributed by atoms with van der Waals surface area (Å²) in [6, 6.07) is 18.6. The van der Waals surface area contributed by atoms with Crippen molar-refractivity contribution in [2.75, 3.05) is 6.61 Å². The highest BCUT2D eigenvalue weighted by Gasteiger charge is 2.62. The van der Waals surface area contributed by atoms with Crippen LogP contribution < -0.4 is 5.32 Å². The van der Waals surface area contributed by atoms with Gasteiger partial charge in [0.2, 0.25) is 5.60 Å². The SMILES string of the molecule is O=C(NCc1ccccc1)[C@]1(C(F)(F)F)C[C@H](CCc2ccccc2)CCCO1. The molecule has 6 heteroatoms. The van der Waals surface area contributed by atoms with E-state index in [0.29, 0.717) is 25.7 Å².